The number of nitrogens with zero attached hydrogens (tertiary/aromatic N) is 3. The van der Waals surface area contributed by atoms with Gasteiger partial charge in [-0.3, -0.25) is 0 Å². The van der Waals surface area contributed by atoms with Crippen LogP contribution in [-0.4, -0.2) is 34.8 Å². The highest BCUT2D eigenvalue weighted by Crippen LogP contribution is 2.03. The van der Waals surface area contributed by atoms with Gasteiger partial charge in [0, 0.05) is 25.5 Å². The van der Waals surface area contributed by atoms with Crippen molar-refractivity contribution < 1.29 is 8.42 Å². The molecule has 74 valence electrons. The lowest BCUT2D eigenvalue weighted by atomic mass is 10.7. The molecule has 0 radical (unpaired) electrons. The van der Waals surface area contributed by atoms with Gasteiger partial charge in [0.15, 0.2) is 0 Å². The molecule has 1 rings (SSSR count). The van der Waals surface area contributed by atoms with Crippen molar-refractivity contribution in [3.8, 4) is 0 Å². The topological polar surface area (TPSA) is 55.2 Å². The number of hydrogen-bond donors (Lipinski definition) is 0. The molecule has 1 aromatic heterocycles. The van der Waals surface area contributed by atoms with Crippen LogP contribution in [-0.2, 0) is 10.2 Å². The van der Waals surface area contributed by atoms with Crippen LogP contribution in [0.25, 0.3) is 0 Å². The van der Waals surface area contributed by atoms with Gasteiger partial charge in [-0.05, 0) is 0 Å². The lowest BCUT2D eigenvalue weighted by molar-refractivity contribution is 0.438. The highest BCUT2D eigenvalue weighted by Gasteiger charge is 2.19. The fourth-order valence-electron chi connectivity index (χ4n) is 1.07. The van der Waals surface area contributed by atoms with Crippen LogP contribution in [0.5, 0.6) is 0 Å². The number of aromatic nitrogens is 2. The molecule has 5 nitrogen and oxygen atoms in total. The second-order valence-corrected chi connectivity index (χ2v) is 4.32. The standard InChI is InChI=1S/C7H13N3O2S/c1-3-9(4-2)13(11,12)10-6-5-8-7-10/h5-7H,3-4H2,1-2H3. The SMILES string of the molecule is CCN(CC)S(=O)(=O)n1ccnc1. The quantitative estimate of drug-likeness (QED) is 0.708. The van der Waals surface area contributed by atoms with Crippen molar-refractivity contribution in [3.05, 3.63) is 18.7 Å². The zero-order valence-corrected chi connectivity index (χ0v) is 8.53. The molecule has 0 atom stereocenters. The first-order valence-electron chi connectivity index (χ1n) is 4.11. The fourth-order valence-corrected chi connectivity index (χ4v) is 2.37. The summed E-state index contributed by atoms with van der Waals surface area (Å²) in [5.74, 6) is 0. The zero-order chi connectivity index (χ0) is 9.90. The summed E-state index contributed by atoms with van der Waals surface area (Å²) in [6.07, 6.45) is 4.16. The maximum atomic E-state index is 11.7. The molecule has 6 heteroatoms. The van der Waals surface area contributed by atoms with Gasteiger partial charge in [-0.1, -0.05) is 13.8 Å². The molecule has 0 bridgehead atoms. The Morgan fingerprint density at radius 1 is 1.38 bits per heavy atom. The van der Waals surface area contributed by atoms with Crippen LogP contribution >= 0.6 is 0 Å². The van der Waals surface area contributed by atoms with Crippen molar-refractivity contribution in [1.82, 2.24) is 13.3 Å². The highest BCUT2D eigenvalue weighted by molar-refractivity contribution is 7.87. The Kier molecular flexibility index (Phi) is 3.05. The van der Waals surface area contributed by atoms with Crippen molar-refractivity contribution in [2.75, 3.05) is 13.1 Å². The summed E-state index contributed by atoms with van der Waals surface area (Å²) in [6, 6.07) is 0. The number of rotatable bonds is 4. The van der Waals surface area contributed by atoms with E-state index in [1.54, 1.807) is 13.8 Å². The molecule has 1 heterocycles. The first kappa shape index (κ1) is 10.2. The van der Waals surface area contributed by atoms with E-state index in [2.05, 4.69) is 4.98 Å². The molecule has 13 heavy (non-hydrogen) atoms. The monoisotopic (exact) mass is 203 g/mol. The Labute approximate surface area is 78.2 Å². The molecule has 0 amide bonds. The highest BCUT2D eigenvalue weighted by atomic mass is 32.2. The van der Waals surface area contributed by atoms with Crippen LogP contribution in [0, 0.1) is 0 Å². The summed E-state index contributed by atoms with van der Waals surface area (Å²) < 4.78 is 25.9. The van der Waals surface area contributed by atoms with E-state index in [0.717, 1.165) is 3.97 Å². The molecule has 0 aliphatic rings. The Bertz CT molecular complexity index is 340. The third-order valence-corrected chi connectivity index (χ3v) is 3.70. The maximum absolute atomic E-state index is 11.7. The third-order valence-electron chi connectivity index (χ3n) is 1.78. The van der Waals surface area contributed by atoms with E-state index in [1.807, 2.05) is 0 Å². The fraction of sp³-hybridized carbons (Fsp3) is 0.571. The molecule has 0 unspecified atom stereocenters. The largest absolute Gasteiger partial charge is 0.308 e. The minimum atomic E-state index is -3.37. The normalized spacial score (nSPS) is 12.2. The molecule has 0 spiro atoms. The first-order chi connectivity index (χ1) is 6.12. The van der Waals surface area contributed by atoms with Crippen LogP contribution in [0.3, 0.4) is 0 Å². The molecule has 0 N–H and O–H groups in total. The summed E-state index contributed by atoms with van der Waals surface area (Å²) in [7, 11) is -3.37. The van der Waals surface area contributed by atoms with Crippen molar-refractivity contribution >= 4 is 10.2 Å². The second kappa shape index (κ2) is 3.89. The average molecular weight is 203 g/mol. The summed E-state index contributed by atoms with van der Waals surface area (Å²) in [5.41, 5.74) is 0. The summed E-state index contributed by atoms with van der Waals surface area (Å²) in [6.45, 7) is 4.55. The predicted molar refractivity (Wildman–Crippen MR) is 49.5 cm³/mol. The van der Waals surface area contributed by atoms with Crippen LogP contribution in [0.4, 0.5) is 0 Å². The summed E-state index contributed by atoms with van der Waals surface area (Å²) in [4.78, 5) is 3.70. The van der Waals surface area contributed by atoms with Gasteiger partial charge in [-0.15, -0.1) is 0 Å². The van der Waals surface area contributed by atoms with Crippen LogP contribution in [0.15, 0.2) is 18.7 Å². The summed E-state index contributed by atoms with van der Waals surface area (Å²) >= 11 is 0. The molecular formula is C7H13N3O2S. The van der Waals surface area contributed by atoms with E-state index in [4.69, 9.17) is 0 Å². The van der Waals surface area contributed by atoms with E-state index < -0.39 is 10.2 Å². The molecule has 0 fully saturated rings. The van der Waals surface area contributed by atoms with Crippen molar-refractivity contribution in [3.63, 3.8) is 0 Å². The Balaban J connectivity index is 3.02. The molecule has 0 saturated carbocycles. The van der Waals surface area contributed by atoms with Crippen LogP contribution < -0.4 is 0 Å². The van der Waals surface area contributed by atoms with E-state index >= 15 is 0 Å². The summed E-state index contributed by atoms with van der Waals surface area (Å²) in [5, 5.41) is 0. The Hall–Kier alpha value is -0.880. The molecule has 1 aromatic rings. The van der Waals surface area contributed by atoms with Gasteiger partial charge >= 0.3 is 10.2 Å². The Morgan fingerprint density at radius 2 is 2.00 bits per heavy atom. The smallest absolute Gasteiger partial charge is 0.244 e. The van der Waals surface area contributed by atoms with Crippen molar-refractivity contribution in [2.24, 2.45) is 0 Å². The van der Waals surface area contributed by atoms with Crippen molar-refractivity contribution in [2.45, 2.75) is 13.8 Å². The number of hydrogen-bond acceptors (Lipinski definition) is 3. The molecule has 0 aromatic carbocycles. The molecule has 0 saturated heterocycles. The first-order valence-corrected chi connectivity index (χ1v) is 5.51. The lowest BCUT2D eigenvalue weighted by Gasteiger charge is -2.17. The van der Waals surface area contributed by atoms with E-state index in [9.17, 15) is 8.42 Å². The van der Waals surface area contributed by atoms with Crippen LogP contribution in [0.2, 0.25) is 0 Å². The van der Waals surface area contributed by atoms with Gasteiger partial charge in [0.25, 0.3) is 0 Å². The molecular weight excluding hydrogens is 190 g/mol. The second-order valence-electron chi connectivity index (χ2n) is 2.48. The minimum absolute atomic E-state index is 0.469. The Morgan fingerprint density at radius 3 is 2.38 bits per heavy atom. The number of imidazole rings is 1. The van der Waals surface area contributed by atoms with Gasteiger partial charge in [-0.2, -0.15) is 12.7 Å². The maximum Gasteiger partial charge on any atom is 0.308 e. The molecule has 0 aliphatic carbocycles. The zero-order valence-electron chi connectivity index (χ0n) is 7.71. The van der Waals surface area contributed by atoms with Gasteiger partial charge in [0.1, 0.15) is 6.33 Å². The third kappa shape index (κ3) is 1.89. The van der Waals surface area contributed by atoms with Gasteiger partial charge in [-0.25, -0.2) is 8.96 Å². The van der Waals surface area contributed by atoms with E-state index in [1.165, 1.54) is 23.0 Å². The van der Waals surface area contributed by atoms with E-state index in [-0.39, 0.29) is 0 Å². The predicted octanol–water partition coefficient (Wildman–Crippen LogP) is 0.318. The van der Waals surface area contributed by atoms with Gasteiger partial charge in [0.05, 0.1) is 0 Å². The van der Waals surface area contributed by atoms with E-state index in [0.29, 0.717) is 13.1 Å². The lowest BCUT2D eigenvalue weighted by Crippen LogP contribution is -2.34. The molecule has 0 aliphatic heterocycles. The van der Waals surface area contributed by atoms with Crippen molar-refractivity contribution in [1.29, 1.82) is 0 Å². The van der Waals surface area contributed by atoms with Gasteiger partial charge in [0.2, 0.25) is 0 Å². The average Bonchev–Trinajstić information content (AvgIpc) is 2.58. The van der Waals surface area contributed by atoms with Crippen LogP contribution in [0.1, 0.15) is 13.8 Å². The van der Waals surface area contributed by atoms with Gasteiger partial charge < -0.3 is 0 Å². The minimum Gasteiger partial charge on any atom is -0.244 e.